The van der Waals surface area contributed by atoms with E-state index in [-0.39, 0.29) is 16.5 Å². The molecule has 0 atom stereocenters. The Hall–Kier alpha value is -0.772. The second-order valence-corrected chi connectivity index (χ2v) is 3.77. The van der Waals surface area contributed by atoms with Gasteiger partial charge < -0.3 is 0 Å². The average Bonchev–Trinajstić information content (AvgIpc) is 2.03. The Kier molecular flexibility index (Phi) is 3.14. The van der Waals surface area contributed by atoms with Crippen molar-refractivity contribution >= 4 is 38.2 Å². The maximum absolute atomic E-state index is 10.6. The Morgan fingerprint density at radius 3 is 2.46 bits per heavy atom. The molecule has 3 N–H and O–H groups in total. The van der Waals surface area contributed by atoms with Gasteiger partial charge in [0.1, 0.15) is 0 Å². The number of rotatable bonds is 2. The Morgan fingerprint density at radius 2 is 2.00 bits per heavy atom. The summed E-state index contributed by atoms with van der Waals surface area (Å²) in [4.78, 5) is 10.6. The molecule has 2 radical (unpaired) electrons. The number of hydrogen-bond donors (Lipinski definition) is 3. The molecular weight excluding hydrogens is 284 g/mol. The van der Waals surface area contributed by atoms with Gasteiger partial charge in [-0.2, -0.15) is 0 Å². The molecule has 1 aromatic rings. The van der Waals surface area contributed by atoms with Crippen molar-refractivity contribution in [1.29, 1.82) is 0 Å². The Balaban J connectivity index is 3.26. The molecule has 0 fully saturated rings. The third-order valence-corrected chi connectivity index (χ3v) is 2.22. The van der Waals surface area contributed by atoms with Crippen molar-refractivity contribution in [3.05, 3.63) is 23.8 Å². The van der Waals surface area contributed by atoms with E-state index >= 15 is 0 Å². The molecule has 0 spiro atoms. The van der Waals surface area contributed by atoms with Crippen molar-refractivity contribution in [3.63, 3.8) is 0 Å². The number of hydrogen-bond acceptors (Lipinski definition) is 4. The van der Waals surface area contributed by atoms with Gasteiger partial charge in [0, 0.05) is 0 Å². The van der Waals surface area contributed by atoms with Crippen LogP contribution in [0.4, 0.5) is 5.69 Å². The molecule has 0 unspecified atom stereocenters. The SMILES string of the molecule is O=C(O)c1cc[c]([Sb])cc1N(O)O. The Labute approximate surface area is 87.6 Å². The van der Waals surface area contributed by atoms with Crippen LogP contribution in [0.2, 0.25) is 0 Å². The zero-order valence-corrected chi connectivity index (χ0v) is 8.93. The molecule has 0 saturated heterocycles. The monoisotopic (exact) mass is 289 g/mol. The van der Waals surface area contributed by atoms with Crippen LogP contribution in [-0.2, 0) is 0 Å². The molecule has 0 amide bonds. The fraction of sp³-hybridized carbons (Fsp3) is 0. The van der Waals surface area contributed by atoms with Gasteiger partial charge in [-0.15, -0.1) is 0 Å². The first-order valence-electron chi connectivity index (χ1n) is 3.26. The topological polar surface area (TPSA) is 81.0 Å². The molecule has 0 aromatic heterocycles. The fourth-order valence-corrected chi connectivity index (χ4v) is 1.43. The standard InChI is InChI=1S/C7H6NO4.Sb/c9-7(10)5-3-1-2-4-6(5)8(11)12;/h1,3-4,11-12H,(H,9,10);. The summed E-state index contributed by atoms with van der Waals surface area (Å²) >= 11 is 1.36. The minimum absolute atomic E-state index is 0.133. The van der Waals surface area contributed by atoms with Gasteiger partial charge in [-0.1, -0.05) is 0 Å². The number of carboxylic acid groups (broad SMARTS) is 1. The summed E-state index contributed by atoms with van der Waals surface area (Å²) in [6.07, 6.45) is 0. The molecule has 13 heavy (non-hydrogen) atoms. The summed E-state index contributed by atoms with van der Waals surface area (Å²) in [5.74, 6) is -1.20. The molecule has 0 aliphatic heterocycles. The van der Waals surface area contributed by atoms with Crippen molar-refractivity contribution in [1.82, 2.24) is 0 Å². The van der Waals surface area contributed by atoms with Crippen molar-refractivity contribution in [3.8, 4) is 0 Å². The molecule has 0 heterocycles. The maximum atomic E-state index is 10.6. The van der Waals surface area contributed by atoms with Gasteiger partial charge >= 0.3 is 87.5 Å². The summed E-state index contributed by atoms with van der Waals surface area (Å²) in [7, 11) is 0. The van der Waals surface area contributed by atoms with Crippen molar-refractivity contribution < 1.29 is 20.3 Å². The van der Waals surface area contributed by atoms with E-state index in [1.807, 2.05) is 0 Å². The van der Waals surface area contributed by atoms with Gasteiger partial charge in [-0.25, -0.2) is 0 Å². The second kappa shape index (κ2) is 3.96. The molecular formula is C7H6NO4Sb. The van der Waals surface area contributed by atoms with E-state index in [4.69, 9.17) is 15.5 Å². The van der Waals surface area contributed by atoms with Gasteiger partial charge in [0.05, 0.1) is 0 Å². The molecule has 5 nitrogen and oxygen atoms in total. The van der Waals surface area contributed by atoms with Crippen LogP contribution in [-0.4, -0.2) is 44.5 Å². The summed E-state index contributed by atoms with van der Waals surface area (Å²) < 4.78 is 0.794. The molecule has 0 bridgehead atoms. The summed E-state index contributed by atoms with van der Waals surface area (Å²) in [6.45, 7) is 0. The van der Waals surface area contributed by atoms with E-state index in [0.717, 1.165) is 3.51 Å². The number of anilines is 1. The van der Waals surface area contributed by atoms with Crippen LogP contribution in [0.5, 0.6) is 0 Å². The van der Waals surface area contributed by atoms with Crippen molar-refractivity contribution in [2.45, 2.75) is 0 Å². The zero-order valence-electron chi connectivity index (χ0n) is 6.38. The van der Waals surface area contributed by atoms with Crippen LogP contribution < -0.4 is 8.74 Å². The third kappa shape index (κ3) is 2.34. The molecule has 0 aliphatic rings. The Bertz CT molecular complexity index is 339. The number of carbonyl (C=O) groups is 1. The van der Waals surface area contributed by atoms with E-state index in [9.17, 15) is 4.79 Å². The Morgan fingerprint density at radius 1 is 1.38 bits per heavy atom. The van der Waals surface area contributed by atoms with E-state index in [1.54, 1.807) is 6.07 Å². The predicted octanol–water partition coefficient (Wildman–Crippen LogP) is -0.237. The van der Waals surface area contributed by atoms with Crippen LogP contribution in [0.3, 0.4) is 0 Å². The van der Waals surface area contributed by atoms with E-state index < -0.39 is 5.97 Å². The number of benzene rings is 1. The van der Waals surface area contributed by atoms with Crippen LogP contribution in [0.15, 0.2) is 18.2 Å². The normalized spacial score (nSPS) is 9.77. The minimum atomic E-state index is -1.20. The summed E-state index contributed by atoms with van der Waals surface area (Å²) in [5, 5.41) is 25.9. The third-order valence-electron chi connectivity index (χ3n) is 1.43. The first-order chi connectivity index (χ1) is 6.02. The first-order valence-corrected chi connectivity index (χ1v) is 4.54. The van der Waals surface area contributed by atoms with Crippen LogP contribution in [0.1, 0.15) is 10.4 Å². The van der Waals surface area contributed by atoms with Gasteiger partial charge in [0.15, 0.2) is 0 Å². The van der Waals surface area contributed by atoms with Gasteiger partial charge in [0.25, 0.3) is 0 Å². The molecule has 0 saturated carbocycles. The van der Waals surface area contributed by atoms with E-state index in [2.05, 4.69) is 0 Å². The quantitative estimate of drug-likeness (QED) is 0.517. The number of aromatic carboxylic acids is 1. The fourth-order valence-electron chi connectivity index (χ4n) is 0.866. The first kappa shape index (κ1) is 10.3. The zero-order chi connectivity index (χ0) is 10.0. The van der Waals surface area contributed by atoms with Crippen molar-refractivity contribution in [2.75, 3.05) is 5.23 Å². The average molecular weight is 290 g/mol. The summed E-state index contributed by atoms with van der Waals surface area (Å²) in [5.41, 5.74) is -0.282. The number of nitrogens with zero attached hydrogens (tertiary/aromatic N) is 1. The van der Waals surface area contributed by atoms with Gasteiger partial charge in [-0.3, -0.25) is 0 Å². The van der Waals surface area contributed by atoms with Crippen molar-refractivity contribution in [2.24, 2.45) is 0 Å². The molecule has 1 aromatic carbocycles. The molecule has 68 valence electrons. The molecule has 6 heteroatoms. The van der Waals surface area contributed by atoms with E-state index in [1.165, 1.54) is 35.2 Å². The van der Waals surface area contributed by atoms with E-state index in [0.29, 0.717) is 0 Å². The van der Waals surface area contributed by atoms with Gasteiger partial charge in [0.2, 0.25) is 0 Å². The van der Waals surface area contributed by atoms with Crippen LogP contribution in [0.25, 0.3) is 0 Å². The van der Waals surface area contributed by atoms with Crippen LogP contribution >= 0.6 is 0 Å². The van der Waals surface area contributed by atoms with Crippen LogP contribution in [0, 0.1) is 0 Å². The number of carboxylic acids is 1. The molecule has 0 aliphatic carbocycles. The molecule has 1 rings (SSSR count). The summed E-state index contributed by atoms with van der Waals surface area (Å²) in [6, 6.07) is 4.31. The second-order valence-electron chi connectivity index (χ2n) is 2.30. The van der Waals surface area contributed by atoms with Gasteiger partial charge in [-0.05, 0) is 0 Å². The predicted molar refractivity (Wildman–Crippen MR) is 44.8 cm³/mol.